The molecule has 0 aromatic heterocycles. The smallest absolute Gasteiger partial charge is 0.325 e. The number of nitrogens with zero attached hydrogens (tertiary/aromatic N) is 1. The van der Waals surface area contributed by atoms with Crippen molar-refractivity contribution in [1.29, 1.82) is 0 Å². The SMILES string of the molecule is CCCCN(CC)C(C(=O)O)c1ccc(C)cc1. The molecular formula is C15H23NO2. The highest BCUT2D eigenvalue weighted by molar-refractivity contribution is 5.75. The van der Waals surface area contributed by atoms with Crippen molar-refractivity contribution < 1.29 is 9.90 Å². The molecule has 0 saturated carbocycles. The summed E-state index contributed by atoms with van der Waals surface area (Å²) in [5.41, 5.74) is 2.02. The van der Waals surface area contributed by atoms with Crippen molar-refractivity contribution in [2.45, 2.75) is 39.7 Å². The molecule has 0 aliphatic heterocycles. The number of hydrogen-bond acceptors (Lipinski definition) is 2. The number of benzene rings is 1. The van der Waals surface area contributed by atoms with Gasteiger partial charge >= 0.3 is 5.97 Å². The van der Waals surface area contributed by atoms with E-state index in [1.807, 2.05) is 43.0 Å². The fourth-order valence-corrected chi connectivity index (χ4v) is 2.09. The first-order valence-corrected chi connectivity index (χ1v) is 6.63. The first-order chi connectivity index (χ1) is 8.60. The Hall–Kier alpha value is -1.35. The maximum atomic E-state index is 11.5. The molecule has 0 radical (unpaired) electrons. The monoisotopic (exact) mass is 249 g/mol. The Morgan fingerprint density at radius 2 is 1.89 bits per heavy atom. The van der Waals surface area contributed by atoms with Crippen molar-refractivity contribution in [3.8, 4) is 0 Å². The number of rotatable bonds is 7. The lowest BCUT2D eigenvalue weighted by molar-refractivity contribution is -0.143. The summed E-state index contributed by atoms with van der Waals surface area (Å²) < 4.78 is 0. The molecule has 18 heavy (non-hydrogen) atoms. The van der Waals surface area contributed by atoms with Gasteiger partial charge in [-0.3, -0.25) is 9.69 Å². The maximum absolute atomic E-state index is 11.5. The van der Waals surface area contributed by atoms with Crippen LogP contribution in [0.25, 0.3) is 0 Å². The van der Waals surface area contributed by atoms with Gasteiger partial charge < -0.3 is 5.11 Å². The molecule has 0 aliphatic carbocycles. The largest absolute Gasteiger partial charge is 0.480 e. The van der Waals surface area contributed by atoms with Gasteiger partial charge in [-0.25, -0.2) is 0 Å². The van der Waals surface area contributed by atoms with Crippen LogP contribution < -0.4 is 0 Å². The van der Waals surface area contributed by atoms with Crippen molar-refractivity contribution in [3.63, 3.8) is 0 Å². The minimum atomic E-state index is -0.767. The molecule has 0 saturated heterocycles. The number of hydrogen-bond donors (Lipinski definition) is 1. The third-order valence-electron chi connectivity index (χ3n) is 3.20. The van der Waals surface area contributed by atoms with Gasteiger partial charge in [-0.2, -0.15) is 0 Å². The molecule has 0 aliphatic rings. The summed E-state index contributed by atoms with van der Waals surface area (Å²) in [7, 11) is 0. The van der Waals surface area contributed by atoms with Gasteiger partial charge in [0.05, 0.1) is 0 Å². The van der Waals surface area contributed by atoms with Crippen LogP contribution in [0.15, 0.2) is 24.3 Å². The Balaban J connectivity index is 2.93. The van der Waals surface area contributed by atoms with Crippen LogP contribution in [-0.2, 0) is 4.79 Å². The lowest BCUT2D eigenvalue weighted by Crippen LogP contribution is -2.34. The zero-order valence-electron chi connectivity index (χ0n) is 11.5. The summed E-state index contributed by atoms with van der Waals surface area (Å²) in [6.07, 6.45) is 2.11. The van der Waals surface area contributed by atoms with Crippen LogP contribution in [0, 0.1) is 6.92 Å². The summed E-state index contributed by atoms with van der Waals surface area (Å²) >= 11 is 0. The van der Waals surface area contributed by atoms with Gasteiger partial charge in [0, 0.05) is 0 Å². The van der Waals surface area contributed by atoms with Crippen molar-refractivity contribution in [1.82, 2.24) is 4.90 Å². The second-order valence-corrected chi connectivity index (χ2v) is 4.63. The van der Waals surface area contributed by atoms with Crippen LogP contribution in [0.4, 0.5) is 0 Å². The zero-order chi connectivity index (χ0) is 13.5. The highest BCUT2D eigenvalue weighted by Gasteiger charge is 2.25. The van der Waals surface area contributed by atoms with E-state index in [4.69, 9.17) is 0 Å². The molecule has 1 aromatic carbocycles. The number of unbranched alkanes of at least 4 members (excludes halogenated alkanes) is 1. The van der Waals surface area contributed by atoms with E-state index in [0.717, 1.165) is 37.1 Å². The van der Waals surface area contributed by atoms with E-state index >= 15 is 0 Å². The standard InChI is InChI=1S/C15H23NO2/c1-4-6-11-16(5-2)14(15(17)18)13-9-7-12(3)8-10-13/h7-10,14H,4-6,11H2,1-3H3,(H,17,18). The van der Waals surface area contributed by atoms with Crippen LogP contribution in [0.2, 0.25) is 0 Å². The summed E-state index contributed by atoms with van der Waals surface area (Å²) in [4.78, 5) is 13.5. The fraction of sp³-hybridized carbons (Fsp3) is 0.533. The van der Waals surface area contributed by atoms with Crippen LogP contribution in [0.5, 0.6) is 0 Å². The summed E-state index contributed by atoms with van der Waals surface area (Å²) in [5.74, 6) is -0.767. The molecule has 0 spiro atoms. The third-order valence-corrected chi connectivity index (χ3v) is 3.20. The molecule has 0 fully saturated rings. The molecule has 0 bridgehead atoms. The number of aryl methyl sites for hydroxylation is 1. The van der Waals surface area contributed by atoms with E-state index < -0.39 is 12.0 Å². The molecular weight excluding hydrogens is 226 g/mol. The van der Waals surface area contributed by atoms with Gasteiger partial charge in [-0.1, -0.05) is 50.1 Å². The van der Waals surface area contributed by atoms with Crippen LogP contribution in [0.3, 0.4) is 0 Å². The van der Waals surface area contributed by atoms with Gasteiger partial charge in [-0.15, -0.1) is 0 Å². The van der Waals surface area contributed by atoms with Gasteiger partial charge in [-0.05, 0) is 32.0 Å². The lowest BCUT2D eigenvalue weighted by Gasteiger charge is -2.27. The number of carboxylic acid groups (broad SMARTS) is 1. The highest BCUT2D eigenvalue weighted by Crippen LogP contribution is 2.22. The number of carbonyl (C=O) groups is 1. The first-order valence-electron chi connectivity index (χ1n) is 6.63. The quantitative estimate of drug-likeness (QED) is 0.806. The second-order valence-electron chi connectivity index (χ2n) is 4.63. The summed E-state index contributed by atoms with van der Waals surface area (Å²) in [5, 5.41) is 9.46. The fourth-order valence-electron chi connectivity index (χ4n) is 2.09. The molecule has 0 heterocycles. The molecule has 1 N–H and O–H groups in total. The van der Waals surface area contributed by atoms with Gasteiger partial charge in [0.2, 0.25) is 0 Å². The molecule has 0 amide bonds. The lowest BCUT2D eigenvalue weighted by atomic mass is 10.0. The number of aliphatic carboxylic acids is 1. The third kappa shape index (κ3) is 3.84. The van der Waals surface area contributed by atoms with Gasteiger partial charge in [0.1, 0.15) is 6.04 Å². The van der Waals surface area contributed by atoms with E-state index in [1.165, 1.54) is 0 Å². The molecule has 3 nitrogen and oxygen atoms in total. The Morgan fingerprint density at radius 3 is 2.33 bits per heavy atom. The van der Waals surface area contributed by atoms with Crippen molar-refractivity contribution in [2.24, 2.45) is 0 Å². The Bertz CT molecular complexity index is 373. The normalized spacial score (nSPS) is 12.7. The van der Waals surface area contributed by atoms with E-state index in [9.17, 15) is 9.90 Å². The van der Waals surface area contributed by atoms with Crippen LogP contribution >= 0.6 is 0 Å². The Labute approximate surface area is 109 Å². The summed E-state index contributed by atoms with van der Waals surface area (Å²) in [6.45, 7) is 7.73. The minimum Gasteiger partial charge on any atom is -0.480 e. The summed E-state index contributed by atoms with van der Waals surface area (Å²) in [6, 6.07) is 7.26. The second kappa shape index (κ2) is 7.17. The zero-order valence-corrected chi connectivity index (χ0v) is 11.5. The van der Waals surface area contributed by atoms with Crippen LogP contribution in [0.1, 0.15) is 43.9 Å². The van der Waals surface area contributed by atoms with E-state index in [0.29, 0.717) is 0 Å². The van der Waals surface area contributed by atoms with Crippen molar-refractivity contribution in [2.75, 3.05) is 13.1 Å². The minimum absolute atomic E-state index is 0.526. The molecule has 1 unspecified atom stereocenters. The number of carboxylic acids is 1. The average molecular weight is 249 g/mol. The van der Waals surface area contributed by atoms with Gasteiger partial charge in [0.15, 0.2) is 0 Å². The van der Waals surface area contributed by atoms with Crippen LogP contribution in [-0.4, -0.2) is 29.1 Å². The molecule has 100 valence electrons. The topological polar surface area (TPSA) is 40.5 Å². The first kappa shape index (κ1) is 14.7. The van der Waals surface area contributed by atoms with E-state index in [1.54, 1.807) is 0 Å². The maximum Gasteiger partial charge on any atom is 0.325 e. The molecule has 3 heteroatoms. The number of likely N-dealkylation sites (N-methyl/N-ethyl adjacent to an activating group) is 1. The van der Waals surface area contributed by atoms with E-state index in [2.05, 4.69) is 6.92 Å². The molecule has 1 rings (SSSR count). The molecule has 1 atom stereocenters. The van der Waals surface area contributed by atoms with E-state index in [-0.39, 0.29) is 0 Å². The van der Waals surface area contributed by atoms with Crippen molar-refractivity contribution >= 4 is 5.97 Å². The predicted molar refractivity (Wildman–Crippen MR) is 73.7 cm³/mol. The van der Waals surface area contributed by atoms with Crippen molar-refractivity contribution in [3.05, 3.63) is 35.4 Å². The average Bonchev–Trinajstić information content (AvgIpc) is 2.35. The Kier molecular flexibility index (Phi) is 5.86. The predicted octanol–water partition coefficient (Wildman–Crippen LogP) is 3.24. The van der Waals surface area contributed by atoms with Gasteiger partial charge in [0.25, 0.3) is 0 Å². The molecule has 1 aromatic rings. The highest BCUT2D eigenvalue weighted by atomic mass is 16.4. The Morgan fingerprint density at radius 1 is 1.28 bits per heavy atom.